The van der Waals surface area contributed by atoms with E-state index in [1.165, 1.54) is 25.3 Å². The number of ether oxygens (including phenoxy) is 1. The molecule has 0 N–H and O–H groups in total. The molecule has 9 heteroatoms. The van der Waals surface area contributed by atoms with Gasteiger partial charge in [-0.1, -0.05) is 32.9 Å². The van der Waals surface area contributed by atoms with Crippen LogP contribution in [-0.2, 0) is 4.43 Å². The van der Waals surface area contributed by atoms with Gasteiger partial charge < -0.3 is 9.16 Å². The Morgan fingerprint density at radius 3 is 2.16 bits per heavy atom. The topological polar surface area (TPSA) is 61.6 Å². The maximum atomic E-state index is 13.4. The number of nitrogens with zero attached hydrogens (tertiary/aromatic N) is 1. The largest absolute Gasteiger partial charge is 0.497 e. The van der Waals surface area contributed by atoms with Crippen molar-refractivity contribution in [2.24, 2.45) is 0 Å². The molecule has 25 heavy (non-hydrogen) atoms. The summed E-state index contributed by atoms with van der Waals surface area (Å²) in [6.45, 7) is 9.09. The fraction of sp³-hybridized carbons (Fsp3) is 0.625. The van der Waals surface area contributed by atoms with Gasteiger partial charge in [-0.15, -0.1) is 0 Å². The second-order valence-corrected chi connectivity index (χ2v) is 12.1. The fourth-order valence-electron chi connectivity index (χ4n) is 2.03. The average molecular weight is 379 g/mol. The summed E-state index contributed by atoms with van der Waals surface area (Å²) in [5, 5.41) is 10.8. The van der Waals surface area contributed by atoms with Gasteiger partial charge in [0.15, 0.2) is 8.32 Å². The Labute approximate surface area is 146 Å². The third-order valence-electron chi connectivity index (χ3n) is 4.50. The zero-order chi connectivity index (χ0) is 19.6. The van der Waals surface area contributed by atoms with Crippen molar-refractivity contribution >= 4 is 8.32 Å². The third kappa shape index (κ3) is 5.18. The minimum Gasteiger partial charge on any atom is -0.497 e. The van der Waals surface area contributed by atoms with Crippen LogP contribution in [0.15, 0.2) is 24.3 Å². The van der Waals surface area contributed by atoms with Crippen LogP contribution in [0.5, 0.6) is 5.75 Å². The number of hydrogen-bond acceptors (Lipinski definition) is 4. The van der Waals surface area contributed by atoms with Crippen molar-refractivity contribution in [3.8, 4) is 5.75 Å². The Balaban J connectivity index is 3.47. The molecular formula is C16H24F3NO4Si. The standard InChI is InChI=1S/C16H24F3NO4Si/c1-15(2,3)25(5,6)24-13(14(20(21)22)16(17,18)19)11-8-7-9-12(10-11)23-4/h7-10,13-14H,1-6H3/t13-,14+/m1/s1. The van der Waals surface area contributed by atoms with E-state index in [0.717, 1.165) is 0 Å². The molecular weight excluding hydrogens is 355 g/mol. The van der Waals surface area contributed by atoms with Crippen molar-refractivity contribution in [1.82, 2.24) is 0 Å². The number of rotatable bonds is 6. The molecule has 0 saturated carbocycles. The van der Waals surface area contributed by atoms with Crippen molar-refractivity contribution in [3.63, 3.8) is 0 Å². The van der Waals surface area contributed by atoms with E-state index in [-0.39, 0.29) is 5.56 Å². The predicted octanol–water partition coefficient (Wildman–Crippen LogP) is 4.97. The lowest BCUT2D eigenvalue weighted by Crippen LogP contribution is -2.49. The van der Waals surface area contributed by atoms with Crippen LogP contribution in [0.2, 0.25) is 18.1 Å². The van der Waals surface area contributed by atoms with Crippen molar-refractivity contribution in [1.29, 1.82) is 0 Å². The second kappa shape index (κ2) is 7.33. The SMILES string of the molecule is COc1cccc([C@@H](O[Si](C)(C)C(C)(C)C)[C@H]([N+](=O)[O-])C(F)(F)F)c1. The van der Waals surface area contributed by atoms with Gasteiger partial charge in [0.2, 0.25) is 0 Å². The van der Waals surface area contributed by atoms with Crippen LogP contribution in [0.1, 0.15) is 32.4 Å². The summed E-state index contributed by atoms with van der Waals surface area (Å²) in [4.78, 5) is 9.92. The van der Waals surface area contributed by atoms with Gasteiger partial charge in [-0.05, 0) is 35.8 Å². The summed E-state index contributed by atoms with van der Waals surface area (Å²) in [6, 6.07) is 2.93. The molecule has 0 saturated heterocycles. The number of benzene rings is 1. The Morgan fingerprint density at radius 1 is 1.20 bits per heavy atom. The normalized spacial score (nSPS) is 15.6. The molecule has 0 heterocycles. The summed E-state index contributed by atoms with van der Waals surface area (Å²) in [5.41, 5.74) is 0.0724. The van der Waals surface area contributed by atoms with Crippen molar-refractivity contribution in [2.45, 2.75) is 57.2 Å². The first kappa shape index (κ1) is 21.4. The molecule has 5 nitrogen and oxygen atoms in total. The first-order valence-electron chi connectivity index (χ1n) is 7.72. The van der Waals surface area contributed by atoms with Crippen molar-refractivity contribution in [3.05, 3.63) is 39.9 Å². The molecule has 0 bridgehead atoms. The summed E-state index contributed by atoms with van der Waals surface area (Å²) >= 11 is 0. The molecule has 1 aromatic carbocycles. The fourth-order valence-corrected chi connectivity index (χ4v) is 3.28. The zero-order valence-electron chi connectivity index (χ0n) is 15.2. The number of hydrogen-bond donors (Lipinski definition) is 0. The highest BCUT2D eigenvalue weighted by Crippen LogP contribution is 2.43. The van der Waals surface area contributed by atoms with Gasteiger partial charge in [0.25, 0.3) is 0 Å². The van der Waals surface area contributed by atoms with E-state index in [1.54, 1.807) is 19.2 Å². The molecule has 1 rings (SSSR count). The molecule has 0 radical (unpaired) electrons. The van der Waals surface area contributed by atoms with Crippen LogP contribution in [0.4, 0.5) is 13.2 Å². The summed E-state index contributed by atoms with van der Waals surface area (Å²) < 4.78 is 51.2. The Hall–Kier alpha value is -1.61. The predicted molar refractivity (Wildman–Crippen MR) is 90.9 cm³/mol. The number of halogens is 3. The molecule has 0 aliphatic rings. The van der Waals surface area contributed by atoms with Gasteiger partial charge in [-0.25, -0.2) is 0 Å². The van der Waals surface area contributed by atoms with Crippen molar-refractivity contribution in [2.75, 3.05) is 7.11 Å². The van der Waals surface area contributed by atoms with Gasteiger partial charge in [0.1, 0.15) is 11.9 Å². The first-order valence-corrected chi connectivity index (χ1v) is 10.6. The molecule has 142 valence electrons. The number of nitro groups is 1. The van der Waals surface area contributed by atoms with Crippen LogP contribution < -0.4 is 4.74 Å². The molecule has 0 unspecified atom stereocenters. The van der Waals surface area contributed by atoms with Crippen LogP contribution in [-0.4, -0.2) is 32.6 Å². The lowest BCUT2D eigenvalue weighted by molar-refractivity contribution is -0.574. The van der Waals surface area contributed by atoms with Crippen LogP contribution in [0.3, 0.4) is 0 Å². The number of methoxy groups -OCH3 is 1. The summed E-state index contributed by atoms with van der Waals surface area (Å²) in [6.07, 6.45) is -6.79. The summed E-state index contributed by atoms with van der Waals surface area (Å²) in [5.74, 6) is 0.311. The molecule has 1 aromatic rings. The maximum absolute atomic E-state index is 13.4. The van der Waals surface area contributed by atoms with Crippen LogP contribution in [0, 0.1) is 10.1 Å². The summed E-state index contributed by atoms with van der Waals surface area (Å²) in [7, 11) is -1.34. The highest BCUT2D eigenvalue weighted by Gasteiger charge is 2.57. The monoisotopic (exact) mass is 379 g/mol. The van der Waals surface area contributed by atoms with Gasteiger partial charge >= 0.3 is 12.2 Å². The minimum absolute atomic E-state index is 0.0724. The molecule has 0 aliphatic heterocycles. The Bertz CT molecular complexity index is 614. The molecule has 2 atom stereocenters. The minimum atomic E-state index is -5.04. The van der Waals surface area contributed by atoms with E-state index in [2.05, 4.69) is 0 Å². The molecule has 0 aromatic heterocycles. The maximum Gasteiger partial charge on any atom is 0.460 e. The van der Waals surface area contributed by atoms with Gasteiger partial charge in [-0.2, -0.15) is 13.2 Å². The van der Waals surface area contributed by atoms with E-state index in [4.69, 9.17) is 9.16 Å². The smallest absolute Gasteiger partial charge is 0.460 e. The average Bonchev–Trinajstić information content (AvgIpc) is 2.43. The molecule has 0 fully saturated rings. The lowest BCUT2D eigenvalue weighted by atomic mass is 10.0. The zero-order valence-corrected chi connectivity index (χ0v) is 16.2. The van der Waals surface area contributed by atoms with Gasteiger partial charge in [0.05, 0.1) is 7.11 Å². The highest BCUT2D eigenvalue weighted by molar-refractivity contribution is 6.74. The quantitative estimate of drug-likeness (QED) is 0.398. The first-order chi connectivity index (χ1) is 11.2. The van der Waals surface area contributed by atoms with E-state index >= 15 is 0 Å². The van der Waals surface area contributed by atoms with Gasteiger partial charge in [0, 0.05) is 4.92 Å². The Morgan fingerprint density at radius 2 is 1.76 bits per heavy atom. The van der Waals surface area contributed by atoms with Crippen LogP contribution in [0.25, 0.3) is 0 Å². The molecule has 0 spiro atoms. The molecule has 0 aliphatic carbocycles. The highest BCUT2D eigenvalue weighted by atomic mass is 28.4. The van der Waals surface area contributed by atoms with E-state index < -0.39 is 36.6 Å². The van der Waals surface area contributed by atoms with Gasteiger partial charge in [-0.3, -0.25) is 10.1 Å². The van der Waals surface area contributed by atoms with E-state index in [0.29, 0.717) is 5.75 Å². The van der Waals surface area contributed by atoms with E-state index in [1.807, 2.05) is 20.8 Å². The van der Waals surface area contributed by atoms with Crippen molar-refractivity contribution < 1.29 is 27.3 Å². The second-order valence-electron chi connectivity index (χ2n) is 7.35. The third-order valence-corrected chi connectivity index (χ3v) is 8.95. The van der Waals surface area contributed by atoms with E-state index in [9.17, 15) is 23.3 Å². The van der Waals surface area contributed by atoms with Crippen LogP contribution >= 0.6 is 0 Å². The molecule has 0 amide bonds. The Kier molecular flexibility index (Phi) is 6.28. The number of alkyl halides is 3. The lowest BCUT2D eigenvalue weighted by Gasteiger charge is -2.40.